The van der Waals surface area contributed by atoms with Crippen molar-refractivity contribution in [3.63, 3.8) is 0 Å². The van der Waals surface area contributed by atoms with Crippen molar-refractivity contribution in [1.29, 1.82) is 0 Å². The van der Waals surface area contributed by atoms with E-state index in [0.29, 0.717) is 25.3 Å². The molecule has 1 aromatic heterocycles. The number of carbonyl (C=O) groups is 2. The van der Waals surface area contributed by atoms with Crippen molar-refractivity contribution in [2.24, 2.45) is 17.8 Å². The van der Waals surface area contributed by atoms with E-state index in [1.54, 1.807) is 12.3 Å². The minimum atomic E-state index is -0.771. The standard InChI is InChI=1S/C31H45NO5/c1-7-9-10-11-13-16-24(4)30-32-29(26(6)37-30)20-22-36-21-15-12-14-17-28(27(8-2)31(34)35)23(3)18-19-25(5)33/h7,10-11,15-16,18-19,21,23,27-28H,1,8-9,12-14,17,20,22H2,2-6H3,(H,34,35)/b11-10?,19-18+,21-15+,24-16+. The summed E-state index contributed by atoms with van der Waals surface area (Å²) in [5.41, 5.74) is 1.91. The number of aromatic nitrogens is 1. The first-order valence-corrected chi connectivity index (χ1v) is 13.3. The number of hydrogen-bond acceptors (Lipinski definition) is 5. The first kappa shape index (κ1) is 31.9. The molecule has 6 nitrogen and oxygen atoms in total. The largest absolute Gasteiger partial charge is 0.501 e. The molecule has 0 saturated heterocycles. The van der Waals surface area contributed by atoms with Gasteiger partial charge in [-0.2, -0.15) is 0 Å². The second kappa shape index (κ2) is 18.1. The van der Waals surface area contributed by atoms with Crippen LogP contribution in [0.2, 0.25) is 0 Å². The van der Waals surface area contributed by atoms with Crippen molar-refractivity contribution in [1.82, 2.24) is 4.98 Å². The van der Waals surface area contributed by atoms with Crippen molar-refractivity contribution in [2.45, 2.75) is 79.6 Å². The number of nitrogens with zero attached hydrogens (tertiary/aromatic N) is 1. The second-order valence-corrected chi connectivity index (χ2v) is 9.41. The Morgan fingerprint density at radius 3 is 2.57 bits per heavy atom. The molecule has 204 valence electrons. The van der Waals surface area contributed by atoms with E-state index in [1.165, 1.54) is 6.92 Å². The third-order valence-corrected chi connectivity index (χ3v) is 6.40. The number of carboxylic acids is 1. The summed E-state index contributed by atoms with van der Waals surface area (Å²) < 4.78 is 11.5. The van der Waals surface area contributed by atoms with Crippen LogP contribution in [0.1, 0.15) is 83.6 Å². The number of aryl methyl sites for hydroxylation is 1. The third kappa shape index (κ3) is 12.6. The molecule has 0 radical (unpaired) electrons. The van der Waals surface area contributed by atoms with E-state index in [4.69, 9.17) is 9.15 Å². The Morgan fingerprint density at radius 2 is 1.92 bits per heavy atom. The molecule has 1 heterocycles. The van der Waals surface area contributed by atoms with Gasteiger partial charge >= 0.3 is 5.97 Å². The number of allylic oxidation sites excluding steroid dienone is 8. The molecule has 0 bridgehead atoms. The third-order valence-electron chi connectivity index (χ3n) is 6.40. The number of aliphatic carboxylic acids is 1. The molecule has 0 aliphatic rings. The molecule has 3 atom stereocenters. The lowest BCUT2D eigenvalue weighted by Gasteiger charge is -2.27. The summed E-state index contributed by atoms with van der Waals surface area (Å²) in [5, 5.41) is 9.64. The van der Waals surface area contributed by atoms with Crippen molar-refractivity contribution in [2.75, 3.05) is 6.61 Å². The number of carbonyl (C=O) groups excluding carboxylic acids is 1. The van der Waals surface area contributed by atoms with Crippen LogP contribution in [-0.4, -0.2) is 28.4 Å². The zero-order valence-corrected chi connectivity index (χ0v) is 23.2. The number of unbranched alkanes of at least 4 members (excludes halogenated alkanes) is 1. The second-order valence-electron chi connectivity index (χ2n) is 9.41. The lowest BCUT2D eigenvalue weighted by atomic mass is 9.77. The van der Waals surface area contributed by atoms with Crippen molar-refractivity contribution in [3.05, 3.63) is 72.7 Å². The Hall–Kier alpha value is -3.15. The highest BCUT2D eigenvalue weighted by atomic mass is 16.5. The molecule has 0 fully saturated rings. The minimum Gasteiger partial charge on any atom is -0.501 e. The smallest absolute Gasteiger partial charge is 0.306 e. The van der Waals surface area contributed by atoms with Crippen LogP contribution < -0.4 is 0 Å². The summed E-state index contributed by atoms with van der Waals surface area (Å²) in [6.07, 6.45) is 20.6. The maximum atomic E-state index is 11.7. The highest BCUT2D eigenvalue weighted by Gasteiger charge is 2.29. The van der Waals surface area contributed by atoms with Crippen molar-refractivity contribution < 1.29 is 23.8 Å². The molecule has 0 aliphatic carbocycles. The topological polar surface area (TPSA) is 89.6 Å². The van der Waals surface area contributed by atoms with Gasteiger partial charge in [0, 0.05) is 12.0 Å². The van der Waals surface area contributed by atoms with Crippen LogP contribution >= 0.6 is 0 Å². The van der Waals surface area contributed by atoms with Gasteiger partial charge in [-0.1, -0.05) is 44.2 Å². The fourth-order valence-corrected chi connectivity index (χ4v) is 4.20. The molecule has 0 aliphatic heterocycles. The van der Waals surface area contributed by atoms with E-state index in [0.717, 1.165) is 49.1 Å². The molecular formula is C31H45NO5. The Kier molecular flexibility index (Phi) is 15.6. The zero-order chi connectivity index (χ0) is 27.6. The number of ketones is 1. The van der Waals surface area contributed by atoms with Gasteiger partial charge < -0.3 is 14.3 Å². The van der Waals surface area contributed by atoms with Gasteiger partial charge in [0.25, 0.3) is 0 Å². The highest BCUT2D eigenvalue weighted by Crippen LogP contribution is 2.30. The number of ether oxygens (including phenoxy) is 1. The van der Waals surface area contributed by atoms with E-state index in [1.807, 2.05) is 45.9 Å². The summed E-state index contributed by atoms with van der Waals surface area (Å²) in [7, 11) is 0. The van der Waals surface area contributed by atoms with Crippen LogP contribution in [0, 0.1) is 24.7 Å². The molecular weight excluding hydrogens is 466 g/mol. The summed E-state index contributed by atoms with van der Waals surface area (Å²) in [5.74, 6) is 0.242. The summed E-state index contributed by atoms with van der Waals surface area (Å²) >= 11 is 0. The predicted molar refractivity (Wildman–Crippen MR) is 150 cm³/mol. The molecule has 0 amide bonds. The van der Waals surface area contributed by atoms with Gasteiger partial charge in [-0.15, -0.1) is 6.58 Å². The average molecular weight is 512 g/mol. The van der Waals surface area contributed by atoms with E-state index in [-0.39, 0.29) is 17.6 Å². The quantitative estimate of drug-likeness (QED) is 0.0887. The number of hydrogen-bond donors (Lipinski definition) is 1. The highest BCUT2D eigenvalue weighted by molar-refractivity contribution is 5.87. The van der Waals surface area contributed by atoms with Crippen molar-refractivity contribution in [3.8, 4) is 0 Å². The fourth-order valence-electron chi connectivity index (χ4n) is 4.20. The number of oxazole rings is 1. The molecule has 37 heavy (non-hydrogen) atoms. The Morgan fingerprint density at radius 1 is 1.19 bits per heavy atom. The Bertz CT molecular complexity index is 966. The molecule has 6 heteroatoms. The first-order valence-electron chi connectivity index (χ1n) is 13.3. The predicted octanol–water partition coefficient (Wildman–Crippen LogP) is 7.66. The maximum Gasteiger partial charge on any atom is 0.306 e. The monoisotopic (exact) mass is 511 g/mol. The number of carboxylic acid groups (broad SMARTS) is 1. The molecule has 0 saturated carbocycles. The van der Waals surface area contributed by atoms with E-state index in [2.05, 4.69) is 29.8 Å². The van der Waals surface area contributed by atoms with Crippen LogP contribution in [0.5, 0.6) is 0 Å². The van der Waals surface area contributed by atoms with E-state index < -0.39 is 11.9 Å². The van der Waals surface area contributed by atoms with Gasteiger partial charge in [0.1, 0.15) is 5.76 Å². The lowest BCUT2D eigenvalue weighted by Crippen LogP contribution is -2.27. The molecule has 0 spiro atoms. The lowest BCUT2D eigenvalue weighted by molar-refractivity contribution is -0.144. The zero-order valence-electron chi connectivity index (χ0n) is 23.2. The van der Waals surface area contributed by atoms with Gasteiger partial charge in [-0.05, 0) is 83.3 Å². The van der Waals surface area contributed by atoms with Crippen LogP contribution in [0.3, 0.4) is 0 Å². The summed E-state index contributed by atoms with van der Waals surface area (Å²) in [4.78, 5) is 27.6. The van der Waals surface area contributed by atoms with Crippen molar-refractivity contribution >= 4 is 17.3 Å². The summed E-state index contributed by atoms with van der Waals surface area (Å²) in [6.45, 7) is 13.5. The average Bonchev–Trinajstić information content (AvgIpc) is 3.23. The SMILES string of the molecule is C=CCC=CC/C=C(\C)c1nc(CCO/C=C/CCCC(C(C)/C=C/C(C)=O)C(CC)C(=O)O)c(C)o1. The first-order chi connectivity index (χ1) is 17.7. The van der Waals surface area contributed by atoms with Crippen LogP contribution in [0.15, 0.2) is 59.8 Å². The van der Waals surface area contributed by atoms with Gasteiger partial charge in [0.2, 0.25) is 5.89 Å². The van der Waals surface area contributed by atoms with Crippen LogP contribution in [-0.2, 0) is 20.7 Å². The van der Waals surface area contributed by atoms with Crippen LogP contribution in [0.25, 0.3) is 5.57 Å². The Balaban J connectivity index is 2.50. The molecule has 0 aromatic carbocycles. The normalized spacial score (nSPS) is 14.9. The summed E-state index contributed by atoms with van der Waals surface area (Å²) in [6, 6.07) is 0. The molecule has 1 N–H and O–H groups in total. The Labute approximate surface area is 222 Å². The molecule has 1 aromatic rings. The van der Waals surface area contributed by atoms with Crippen LogP contribution in [0.4, 0.5) is 0 Å². The van der Waals surface area contributed by atoms with E-state index in [9.17, 15) is 14.7 Å². The van der Waals surface area contributed by atoms with Gasteiger partial charge in [-0.25, -0.2) is 4.98 Å². The fraction of sp³-hybridized carbons (Fsp3) is 0.516. The molecule has 1 rings (SSSR count). The number of rotatable bonds is 19. The van der Waals surface area contributed by atoms with Gasteiger partial charge in [0.15, 0.2) is 5.78 Å². The van der Waals surface area contributed by atoms with Gasteiger partial charge in [0.05, 0.1) is 24.5 Å². The minimum absolute atomic E-state index is 0.0163. The maximum absolute atomic E-state index is 11.7. The van der Waals surface area contributed by atoms with E-state index >= 15 is 0 Å². The van der Waals surface area contributed by atoms with Gasteiger partial charge in [-0.3, -0.25) is 9.59 Å². The molecule has 3 unspecified atom stereocenters.